The van der Waals surface area contributed by atoms with Gasteiger partial charge in [0, 0.05) is 6.54 Å². The summed E-state index contributed by atoms with van der Waals surface area (Å²) in [7, 11) is 0. The van der Waals surface area contributed by atoms with Crippen molar-refractivity contribution in [2.24, 2.45) is 17.8 Å². The predicted octanol–water partition coefficient (Wildman–Crippen LogP) is 2.61. The number of amides is 2. The highest BCUT2D eigenvalue weighted by Gasteiger charge is 2.22. The van der Waals surface area contributed by atoms with E-state index in [4.69, 9.17) is 5.11 Å². The van der Waals surface area contributed by atoms with Crippen molar-refractivity contribution in [3.63, 3.8) is 0 Å². The number of carbonyl (C=O) groups is 2. The van der Waals surface area contributed by atoms with Crippen LogP contribution in [0.4, 0.5) is 4.79 Å². The van der Waals surface area contributed by atoms with Gasteiger partial charge in [-0.1, -0.05) is 33.6 Å². The maximum atomic E-state index is 11.8. The van der Waals surface area contributed by atoms with E-state index in [9.17, 15) is 9.59 Å². The Balaban J connectivity index is 2.29. The minimum Gasteiger partial charge on any atom is -0.480 e. The fourth-order valence-corrected chi connectivity index (χ4v) is 2.67. The van der Waals surface area contributed by atoms with Crippen molar-refractivity contribution in [3.05, 3.63) is 0 Å². The van der Waals surface area contributed by atoms with Crippen LogP contribution in [0.25, 0.3) is 0 Å². The van der Waals surface area contributed by atoms with Crippen LogP contribution in [-0.4, -0.2) is 29.7 Å². The Hall–Kier alpha value is -1.26. The van der Waals surface area contributed by atoms with Crippen molar-refractivity contribution in [3.8, 4) is 0 Å². The smallest absolute Gasteiger partial charge is 0.326 e. The Kier molecular flexibility index (Phi) is 6.82. The van der Waals surface area contributed by atoms with E-state index < -0.39 is 12.0 Å². The van der Waals surface area contributed by atoms with Crippen LogP contribution in [0.15, 0.2) is 0 Å². The number of carboxylic acid groups (broad SMARTS) is 1. The van der Waals surface area contributed by atoms with Gasteiger partial charge in [-0.25, -0.2) is 9.59 Å². The molecule has 0 saturated heterocycles. The SMILES string of the molecule is CC(C)C[C@H](NC(=O)NCC1CCC(C)CC1)C(=O)O. The van der Waals surface area contributed by atoms with Gasteiger partial charge >= 0.3 is 12.0 Å². The topological polar surface area (TPSA) is 78.4 Å². The number of nitrogens with one attached hydrogen (secondary N) is 2. The molecule has 0 heterocycles. The molecule has 0 aromatic carbocycles. The molecule has 1 fully saturated rings. The van der Waals surface area contributed by atoms with Crippen LogP contribution in [0.1, 0.15) is 52.9 Å². The maximum Gasteiger partial charge on any atom is 0.326 e. The number of urea groups is 1. The van der Waals surface area contributed by atoms with Crippen LogP contribution < -0.4 is 10.6 Å². The molecule has 1 aliphatic rings. The van der Waals surface area contributed by atoms with Crippen LogP contribution in [-0.2, 0) is 4.79 Å². The number of rotatable bonds is 6. The normalized spacial score (nSPS) is 24.2. The summed E-state index contributed by atoms with van der Waals surface area (Å²) in [5.41, 5.74) is 0. The maximum absolute atomic E-state index is 11.8. The highest BCUT2D eigenvalue weighted by molar-refractivity contribution is 5.82. The van der Waals surface area contributed by atoms with Gasteiger partial charge in [0.05, 0.1) is 0 Å². The number of carbonyl (C=O) groups excluding carboxylic acids is 1. The van der Waals surface area contributed by atoms with Crippen LogP contribution in [0.2, 0.25) is 0 Å². The Labute approximate surface area is 121 Å². The lowest BCUT2D eigenvalue weighted by Crippen LogP contribution is -2.47. The lowest BCUT2D eigenvalue weighted by Gasteiger charge is -2.26. The molecular formula is C15H28N2O3. The molecule has 0 unspecified atom stereocenters. The average Bonchev–Trinajstić information content (AvgIpc) is 2.36. The summed E-state index contributed by atoms with van der Waals surface area (Å²) in [5, 5.41) is 14.4. The molecule has 20 heavy (non-hydrogen) atoms. The second-order valence-electron chi connectivity index (χ2n) is 6.50. The summed E-state index contributed by atoms with van der Waals surface area (Å²) in [6, 6.07) is -1.17. The van der Waals surface area contributed by atoms with Gasteiger partial charge in [0.25, 0.3) is 0 Å². The highest BCUT2D eigenvalue weighted by Crippen LogP contribution is 2.27. The van der Waals surface area contributed by atoms with E-state index in [1.807, 2.05) is 13.8 Å². The molecule has 5 heteroatoms. The fourth-order valence-electron chi connectivity index (χ4n) is 2.67. The first kappa shape index (κ1) is 16.8. The molecule has 1 rings (SSSR count). The Morgan fingerprint density at radius 2 is 1.80 bits per heavy atom. The van der Waals surface area contributed by atoms with E-state index in [1.54, 1.807) is 0 Å². The number of hydrogen-bond donors (Lipinski definition) is 3. The molecule has 2 amide bonds. The molecule has 1 aliphatic carbocycles. The van der Waals surface area contributed by atoms with E-state index in [1.165, 1.54) is 12.8 Å². The zero-order valence-corrected chi connectivity index (χ0v) is 12.8. The summed E-state index contributed by atoms with van der Waals surface area (Å²) in [4.78, 5) is 22.8. The molecule has 0 aromatic heterocycles. The molecule has 5 nitrogen and oxygen atoms in total. The lowest BCUT2D eigenvalue weighted by atomic mass is 9.83. The number of carboxylic acids is 1. The molecule has 1 saturated carbocycles. The third-order valence-electron chi connectivity index (χ3n) is 4.00. The molecule has 0 spiro atoms. The molecule has 0 radical (unpaired) electrons. The van der Waals surface area contributed by atoms with Crippen molar-refractivity contribution in [2.45, 2.75) is 58.9 Å². The predicted molar refractivity (Wildman–Crippen MR) is 78.5 cm³/mol. The first-order chi connectivity index (χ1) is 9.38. The zero-order chi connectivity index (χ0) is 15.1. The van der Waals surface area contributed by atoms with Gasteiger partial charge in [0.2, 0.25) is 0 Å². The van der Waals surface area contributed by atoms with Crippen molar-refractivity contribution in [2.75, 3.05) is 6.54 Å². The summed E-state index contributed by atoms with van der Waals surface area (Å²) in [6.07, 6.45) is 5.19. The molecule has 3 N–H and O–H groups in total. The van der Waals surface area contributed by atoms with Gasteiger partial charge in [-0.3, -0.25) is 0 Å². The second kappa shape index (κ2) is 8.12. The molecular weight excluding hydrogens is 256 g/mol. The van der Waals surface area contributed by atoms with Gasteiger partial charge < -0.3 is 15.7 Å². The number of hydrogen-bond acceptors (Lipinski definition) is 2. The minimum atomic E-state index is -0.972. The van der Waals surface area contributed by atoms with Crippen LogP contribution >= 0.6 is 0 Å². The van der Waals surface area contributed by atoms with Gasteiger partial charge in [-0.2, -0.15) is 0 Å². The summed E-state index contributed by atoms with van der Waals surface area (Å²) >= 11 is 0. The van der Waals surface area contributed by atoms with Crippen LogP contribution in [0.3, 0.4) is 0 Å². The summed E-state index contributed by atoms with van der Waals surface area (Å²) in [6.45, 7) is 6.80. The van der Waals surface area contributed by atoms with E-state index >= 15 is 0 Å². The Bertz CT molecular complexity index is 323. The molecule has 0 aliphatic heterocycles. The third kappa shape index (κ3) is 6.26. The largest absolute Gasteiger partial charge is 0.480 e. The van der Waals surface area contributed by atoms with E-state index in [0.29, 0.717) is 18.9 Å². The summed E-state index contributed by atoms with van der Waals surface area (Å²) < 4.78 is 0. The Morgan fingerprint density at radius 3 is 2.30 bits per heavy atom. The van der Waals surface area contributed by atoms with Crippen LogP contribution in [0, 0.1) is 17.8 Å². The third-order valence-corrected chi connectivity index (χ3v) is 4.00. The molecule has 0 aromatic rings. The van der Waals surface area contributed by atoms with Crippen molar-refractivity contribution in [1.29, 1.82) is 0 Å². The molecule has 0 bridgehead atoms. The van der Waals surface area contributed by atoms with Crippen molar-refractivity contribution < 1.29 is 14.7 Å². The van der Waals surface area contributed by atoms with Crippen LogP contribution in [0.5, 0.6) is 0 Å². The van der Waals surface area contributed by atoms with E-state index in [0.717, 1.165) is 18.8 Å². The summed E-state index contributed by atoms with van der Waals surface area (Å²) in [5.74, 6) is 0.587. The van der Waals surface area contributed by atoms with E-state index in [-0.39, 0.29) is 11.9 Å². The van der Waals surface area contributed by atoms with Gasteiger partial charge in [0.1, 0.15) is 6.04 Å². The van der Waals surface area contributed by atoms with Gasteiger partial charge in [0.15, 0.2) is 0 Å². The molecule has 1 atom stereocenters. The number of aliphatic carboxylic acids is 1. The van der Waals surface area contributed by atoms with Crippen molar-refractivity contribution >= 4 is 12.0 Å². The fraction of sp³-hybridized carbons (Fsp3) is 0.867. The first-order valence-corrected chi connectivity index (χ1v) is 7.65. The van der Waals surface area contributed by atoms with Crippen molar-refractivity contribution in [1.82, 2.24) is 10.6 Å². The van der Waals surface area contributed by atoms with E-state index in [2.05, 4.69) is 17.6 Å². The zero-order valence-electron chi connectivity index (χ0n) is 12.8. The monoisotopic (exact) mass is 284 g/mol. The average molecular weight is 284 g/mol. The highest BCUT2D eigenvalue weighted by atomic mass is 16.4. The lowest BCUT2D eigenvalue weighted by molar-refractivity contribution is -0.139. The standard InChI is InChI=1S/C15H28N2O3/c1-10(2)8-13(14(18)19)17-15(20)16-9-12-6-4-11(3)5-7-12/h10-13H,4-9H2,1-3H3,(H,18,19)(H2,16,17,20)/t11?,12?,13-/m0/s1. The van der Waals surface area contributed by atoms with Gasteiger partial charge in [-0.05, 0) is 37.0 Å². The quantitative estimate of drug-likeness (QED) is 0.701. The minimum absolute atomic E-state index is 0.233. The van der Waals surface area contributed by atoms with Gasteiger partial charge in [-0.15, -0.1) is 0 Å². The molecule has 116 valence electrons. The second-order valence-corrected chi connectivity index (χ2v) is 6.50. The first-order valence-electron chi connectivity index (χ1n) is 7.65. The Morgan fingerprint density at radius 1 is 1.20 bits per heavy atom.